The first kappa shape index (κ1) is 20.0. The molecule has 0 radical (unpaired) electrons. The van der Waals surface area contributed by atoms with Gasteiger partial charge in [0.15, 0.2) is 11.5 Å². The number of carbonyl (C=O) groups is 1. The lowest BCUT2D eigenvalue weighted by atomic mass is 10.1. The normalized spacial score (nSPS) is 12.8. The molecule has 0 fully saturated rings. The van der Waals surface area contributed by atoms with Gasteiger partial charge in [0.25, 0.3) is 0 Å². The maximum atomic E-state index is 12.3. The second-order valence-corrected chi connectivity index (χ2v) is 8.84. The lowest BCUT2D eigenvalue weighted by molar-refractivity contribution is -0.118. The number of carbonyl (C=O) groups excluding carboxylic acids is 1. The number of nitrogens with one attached hydrogen (secondary N) is 1. The summed E-state index contributed by atoms with van der Waals surface area (Å²) in [5.74, 6) is 1.76. The number of hydrogen-bond acceptors (Lipinski definition) is 7. The smallest absolute Gasteiger partial charge is 0.230 e. The molecule has 0 spiro atoms. The maximum absolute atomic E-state index is 12.3. The molecule has 0 bridgehead atoms. The zero-order chi connectivity index (χ0) is 20.2. The van der Waals surface area contributed by atoms with Gasteiger partial charge in [-0.3, -0.25) is 4.79 Å². The largest absolute Gasteiger partial charge is 0.493 e. The summed E-state index contributed by atoms with van der Waals surface area (Å²) in [6, 6.07) is 5.80. The molecule has 3 aromatic rings. The number of benzene rings is 1. The number of aromatic nitrogens is 2. The second-order valence-electron chi connectivity index (χ2n) is 6.79. The Morgan fingerprint density at radius 3 is 2.90 bits per heavy atom. The van der Waals surface area contributed by atoms with Gasteiger partial charge in [-0.15, -0.1) is 11.3 Å². The summed E-state index contributed by atoms with van der Waals surface area (Å²) in [6.45, 7) is 0.571. The molecule has 1 N–H and O–H groups in total. The van der Waals surface area contributed by atoms with Gasteiger partial charge in [0.05, 0.1) is 20.0 Å². The quantitative estimate of drug-likeness (QED) is 0.435. The minimum atomic E-state index is 0.00844. The van der Waals surface area contributed by atoms with Crippen molar-refractivity contribution in [2.75, 3.05) is 26.5 Å². The average molecular weight is 430 g/mol. The highest BCUT2D eigenvalue weighted by Crippen LogP contribution is 2.39. The van der Waals surface area contributed by atoms with E-state index >= 15 is 0 Å². The molecule has 0 saturated heterocycles. The maximum Gasteiger partial charge on any atom is 0.230 e. The molecular weight excluding hydrogens is 406 g/mol. The van der Waals surface area contributed by atoms with E-state index < -0.39 is 0 Å². The summed E-state index contributed by atoms with van der Waals surface area (Å²) < 4.78 is 10.6. The molecule has 2 aromatic heterocycles. The van der Waals surface area contributed by atoms with Crippen LogP contribution in [0.2, 0.25) is 0 Å². The van der Waals surface area contributed by atoms with Crippen molar-refractivity contribution >= 4 is 39.2 Å². The third kappa shape index (κ3) is 4.33. The Labute approximate surface area is 178 Å². The Hall–Kier alpha value is -2.32. The van der Waals surface area contributed by atoms with Crippen molar-refractivity contribution in [3.8, 4) is 11.5 Å². The van der Waals surface area contributed by atoms with Gasteiger partial charge >= 0.3 is 0 Å². The first-order valence-corrected chi connectivity index (χ1v) is 11.4. The van der Waals surface area contributed by atoms with E-state index in [4.69, 9.17) is 9.47 Å². The Bertz CT molecular complexity index is 1040. The Morgan fingerprint density at radius 1 is 1.21 bits per heavy atom. The highest BCUT2D eigenvalue weighted by atomic mass is 32.2. The predicted octanol–water partition coefficient (Wildman–Crippen LogP) is 3.65. The van der Waals surface area contributed by atoms with E-state index in [2.05, 4.69) is 15.3 Å². The van der Waals surface area contributed by atoms with Crippen LogP contribution in [0, 0.1) is 0 Å². The number of rotatable bonds is 8. The lowest BCUT2D eigenvalue weighted by Crippen LogP contribution is -2.27. The summed E-state index contributed by atoms with van der Waals surface area (Å²) in [4.78, 5) is 23.7. The summed E-state index contributed by atoms with van der Waals surface area (Å²) in [5.41, 5.74) is 2.48. The Morgan fingerprint density at radius 2 is 2.07 bits per heavy atom. The zero-order valence-corrected chi connectivity index (χ0v) is 18.1. The number of thiophene rings is 1. The molecule has 1 aliphatic carbocycles. The molecule has 4 rings (SSSR count). The Kier molecular flexibility index (Phi) is 6.20. The molecule has 0 aliphatic heterocycles. The van der Waals surface area contributed by atoms with Gasteiger partial charge < -0.3 is 14.8 Å². The molecule has 0 saturated carbocycles. The van der Waals surface area contributed by atoms with Gasteiger partial charge in [0.2, 0.25) is 5.91 Å². The molecule has 0 unspecified atom stereocenters. The van der Waals surface area contributed by atoms with Crippen molar-refractivity contribution in [2.45, 2.75) is 30.7 Å². The topological polar surface area (TPSA) is 73.3 Å². The minimum absolute atomic E-state index is 0.00844. The van der Waals surface area contributed by atoms with Crippen LogP contribution < -0.4 is 14.8 Å². The molecular formula is C21H23N3O3S2. The first-order valence-electron chi connectivity index (χ1n) is 9.55. The van der Waals surface area contributed by atoms with Gasteiger partial charge in [0.1, 0.15) is 16.2 Å². The first-order chi connectivity index (χ1) is 14.2. The molecule has 152 valence electrons. The van der Waals surface area contributed by atoms with Crippen molar-refractivity contribution in [3.05, 3.63) is 40.5 Å². The van der Waals surface area contributed by atoms with Crippen LogP contribution in [0.3, 0.4) is 0 Å². The standard InChI is InChI=1S/C21H23N3O3S2/c1-26-15-7-6-13(10-16(15)27-2)8-9-22-18(25)11-28-20-19-14-4-3-5-17(14)29-21(19)24-12-23-20/h6-7,10,12H,3-5,8-9,11H2,1-2H3,(H,22,25). The van der Waals surface area contributed by atoms with E-state index in [1.54, 1.807) is 31.9 Å². The van der Waals surface area contributed by atoms with Crippen molar-refractivity contribution in [1.82, 2.24) is 15.3 Å². The van der Waals surface area contributed by atoms with Crippen LogP contribution in [-0.4, -0.2) is 42.4 Å². The lowest BCUT2D eigenvalue weighted by Gasteiger charge is -2.10. The van der Waals surface area contributed by atoms with Crippen LogP contribution in [-0.2, 0) is 24.1 Å². The SMILES string of the molecule is COc1ccc(CCNC(=O)CSc2ncnc3sc4c(c23)CCC4)cc1OC. The number of aryl methyl sites for hydroxylation is 2. The fourth-order valence-electron chi connectivity index (χ4n) is 3.58. The number of fused-ring (bicyclic) bond motifs is 3. The van der Waals surface area contributed by atoms with E-state index in [0.717, 1.165) is 40.1 Å². The Balaban J connectivity index is 1.32. The second kappa shape index (κ2) is 9.00. The fourth-order valence-corrected chi connectivity index (χ4v) is 5.73. The van der Waals surface area contributed by atoms with E-state index in [0.29, 0.717) is 23.8 Å². The highest BCUT2D eigenvalue weighted by molar-refractivity contribution is 8.00. The fraction of sp³-hybridized carbons (Fsp3) is 0.381. The minimum Gasteiger partial charge on any atom is -0.493 e. The van der Waals surface area contributed by atoms with E-state index in [1.807, 2.05) is 18.2 Å². The molecule has 8 heteroatoms. The molecule has 1 aliphatic rings. The molecule has 1 aromatic carbocycles. The van der Waals surface area contributed by atoms with Crippen LogP contribution in [0.15, 0.2) is 29.6 Å². The van der Waals surface area contributed by atoms with E-state index in [-0.39, 0.29) is 5.91 Å². The van der Waals surface area contributed by atoms with Gasteiger partial charge in [0, 0.05) is 16.8 Å². The van der Waals surface area contributed by atoms with Crippen LogP contribution in [0.4, 0.5) is 0 Å². The summed E-state index contributed by atoms with van der Waals surface area (Å²) in [6.07, 6.45) is 5.76. The van der Waals surface area contributed by atoms with E-state index in [1.165, 1.54) is 28.6 Å². The summed E-state index contributed by atoms with van der Waals surface area (Å²) in [7, 11) is 3.23. The number of methoxy groups -OCH3 is 2. The van der Waals surface area contributed by atoms with Crippen molar-refractivity contribution < 1.29 is 14.3 Å². The monoisotopic (exact) mass is 429 g/mol. The highest BCUT2D eigenvalue weighted by Gasteiger charge is 2.21. The number of nitrogens with zero attached hydrogens (tertiary/aromatic N) is 2. The third-order valence-electron chi connectivity index (χ3n) is 4.99. The number of hydrogen-bond donors (Lipinski definition) is 1. The van der Waals surface area contributed by atoms with Gasteiger partial charge in [-0.25, -0.2) is 9.97 Å². The summed E-state index contributed by atoms with van der Waals surface area (Å²) in [5, 5.41) is 5.07. The predicted molar refractivity (Wildman–Crippen MR) is 116 cm³/mol. The zero-order valence-electron chi connectivity index (χ0n) is 16.5. The number of amides is 1. The molecule has 6 nitrogen and oxygen atoms in total. The average Bonchev–Trinajstić information content (AvgIpc) is 3.33. The van der Waals surface area contributed by atoms with Crippen LogP contribution >= 0.6 is 23.1 Å². The number of thioether (sulfide) groups is 1. The van der Waals surface area contributed by atoms with Crippen molar-refractivity contribution in [1.29, 1.82) is 0 Å². The summed E-state index contributed by atoms with van der Waals surface area (Å²) >= 11 is 3.26. The van der Waals surface area contributed by atoms with Crippen molar-refractivity contribution in [3.63, 3.8) is 0 Å². The third-order valence-corrected chi connectivity index (χ3v) is 7.18. The molecule has 29 heavy (non-hydrogen) atoms. The molecule has 0 atom stereocenters. The number of ether oxygens (including phenoxy) is 2. The van der Waals surface area contributed by atoms with Crippen LogP contribution in [0.25, 0.3) is 10.2 Å². The molecule has 1 amide bonds. The van der Waals surface area contributed by atoms with Crippen LogP contribution in [0.1, 0.15) is 22.4 Å². The van der Waals surface area contributed by atoms with E-state index in [9.17, 15) is 4.79 Å². The van der Waals surface area contributed by atoms with Gasteiger partial charge in [-0.1, -0.05) is 17.8 Å². The van der Waals surface area contributed by atoms with Crippen molar-refractivity contribution in [2.24, 2.45) is 0 Å². The van der Waals surface area contributed by atoms with Crippen LogP contribution in [0.5, 0.6) is 11.5 Å². The molecule has 2 heterocycles. The van der Waals surface area contributed by atoms with Gasteiger partial charge in [-0.05, 0) is 48.9 Å². The van der Waals surface area contributed by atoms with Gasteiger partial charge in [-0.2, -0.15) is 0 Å².